The van der Waals surface area contributed by atoms with Gasteiger partial charge in [0.15, 0.2) is 5.13 Å². The fourth-order valence-corrected chi connectivity index (χ4v) is 5.88. The standard InChI is InChI=1S/C29H20ClN3O4S2/c30-22-14-16-24(17-15-22)39(36,37)33-23-13-7-12-21(18-23)28(35)32-29-31-25(19-8-3-1-4-9-19)27(38-29)26(34)20-10-5-2-6-11-20/h1-18,33H,(H,31,32,35). The van der Waals surface area contributed by atoms with Crippen molar-refractivity contribution in [1.29, 1.82) is 0 Å². The second-order valence-corrected chi connectivity index (χ2v) is 11.5. The van der Waals surface area contributed by atoms with Gasteiger partial charge in [0.25, 0.3) is 15.9 Å². The van der Waals surface area contributed by atoms with Crippen molar-refractivity contribution in [2.75, 3.05) is 10.0 Å². The maximum absolute atomic E-state index is 13.3. The first kappa shape index (κ1) is 26.3. The third-order valence-electron chi connectivity index (χ3n) is 5.64. The molecule has 0 aliphatic rings. The van der Waals surface area contributed by atoms with Gasteiger partial charge in [-0.15, -0.1) is 0 Å². The van der Waals surface area contributed by atoms with E-state index in [4.69, 9.17) is 11.6 Å². The fourth-order valence-electron chi connectivity index (χ4n) is 3.76. The van der Waals surface area contributed by atoms with Crippen LogP contribution in [0.25, 0.3) is 11.3 Å². The fraction of sp³-hybridized carbons (Fsp3) is 0. The third-order valence-corrected chi connectivity index (χ3v) is 8.26. The molecule has 0 unspecified atom stereocenters. The minimum absolute atomic E-state index is 0.0357. The SMILES string of the molecule is O=C(Nc1nc(-c2ccccc2)c(C(=O)c2ccccc2)s1)c1cccc(NS(=O)(=O)c2ccc(Cl)cc2)c1. The van der Waals surface area contributed by atoms with Gasteiger partial charge in [-0.2, -0.15) is 0 Å². The molecule has 39 heavy (non-hydrogen) atoms. The van der Waals surface area contributed by atoms with Crippen LogP contribution in [0.3, 0.4) is 0 Å². The predicted molar refractivity (Wildman–Crippen MR) is 154 cm³/mol. The molecule has 2 N–H and O–H groups in total. The molecule has 0 fully saturated rings. The normalized spacial score (nSPS) is 11.1. The molecular weight excluding hydrogens is 554 g/mol. The van der Waals surface area contributed by atoms with Gasteiger partial charge < -0.3 is 0 Å². The molecule has 1 amide bonds. The molecule has 0 atom stereocenters. The molecule has 0 radical (unpaired) electrons. The molecule has 5 rings (SSSR count). The Labute approximate surface area is 234 Å². The number of amides is 1. The van der Waals surface area contributed by atoms with Crippen molar-refractivity contribution >= 4 is 55.5 Å². The van der Waals surface area contributed by atoms with E-state index in [1.54, 1.807) is 36.4 Å². The molecule has 0 bridgehead atoms. The van der Waals surface area contributed by atoms with Crippen LogP contribution in [0.4, 0.5) is 10.8 Å². The van der Waals surface area contributed by atoms with Crippen molar-refractivity contribution in [3.63, 3.8) is 0 Å². The number of thiazole rings is 1. The van der Waals surface area contributed by atoms with E-state index in [1.165, 1.54) is 36.4 Å². The molecule has 5 aromatic rings. The number of ketones is 1. The second-order valence-electron chi connectivity index (χ2n) is 8.35. The molecule has 0 saturated heterocycles. The highest BCUT2D eigenvalue weighted by Crippen LogP contribution is 2.33. The van der Waals surface area contributed by atoms with Crippen molar-refractivity contribution in [2.24, 2.45) is 0 Å². The maximum atomic E-state index is 13.3. The minimum Gasteiger partial charge on any atom is -0.298 e. The summed E-state index contributed by atoms with van der Waals surface area (Å²) < 4.78 is 28.0. The van der Waals surface area contributed by atoms with Crippen LogP contribution in [0.5, 0.6) is 0 Å². The summed E-state index contributed by atoms with van der Waals surface area (Å²) in [7, 11) is -3.89. The lowest BCUT2D eigenvalue weighted by Crippen LogP contribution is -2.15. The number of nitrogens with one attached hydrogen (secondary N) is 2. The Morgan fingerprint density at radius 1 is 0.769 bits per heavy atom. The Morgan fingerprint density at radius 2 is 1.41 bits per heavy atom. The van der Waals surface area contributed by atoms with Gasteiger partial charge in [-0.1, -0.05) is 89.7 Å². The van der Waals surface area contributed by atoms with Crippen LogP contribution in [0.1, 0.15) is 25.6 Å². The van der Waals surface area contributed by atoms with Crippen molar-refractivity contribution in [3.8, 4) is 11.3 Å². The van der Waals surface area contributed by atoms with Crippen molar-refractivity contribution < 1.29 is 18.0 Å². The second kappa shape index (κ2) is 11.2. The Bertz CT molecular complexity index is 1760. The molecule has 0 aliphatic carbocycles. The van der Waals surface area contributed by atoms with Crippen LogP contribution in [-0.2, 0) is 10.0 Å². The lowest BCUT2D eigenvalue weighted by atomic mass is 10.1. The van der Waals surface area contributed by atoms with E-state index in [-0.39, 0.29) is 27.1 Å². The van der Waals surface area contributed by atoms with Crippen molar-refractivity contribution in [1.82, 2.24) is 4.98 Å². The summed E-state index contributed by atoms with van der Waals surface area (Å²) in [5.74, 6) is -0.708. The topological polar surface area (TPSA) is 105 Å². The molecule has 0 aliphatic heterocycles. The zero-order valence-corrected chi connectivity index (χ0v) is 22.6. The Morgan fingerprint density at radius 3 is 2.10 bits per heavy atom. The minimum atomic E-state index is -3.89. The number of aromatic nitrogens is 1. The van der Waals surface area contributed by atoms with E-state index in [0.29, 0.717) is 21.2 Å². The molecule has 10 heteroatoms. The number of hydrogen-bond acceptors (Lipinski definition) is 6. The van der Waals surface area contributed by atoms with E-state index in [9.17, 15) is 18.0 Å². The summed E-state index contributed by atoms with van der Waals surface area (Å²) in [6.07, 6.45) is 0. The zero-order chi connectivity index (χ0) is 27.4. The summed E-state index contributed by atoms with van der Waals surface area (Å²) >= 11 is 6.93. The first-order valence-electron chi connectivity index (χ1n) is 11.7. The quantitative estimate of drug-likeness (QED) is 0.200. The van der Waals surface area contributed by atoms with Gasteiger partial charge >= 0.3 is 0 Å². The lowest BCUT2D eigenvalue weighted by molar-refractivity contribution is 0.102. The Hall–Kier alpha value is -4.31. The summed E-state index contributed by atoms with van der Waals surface area (Å²) in [5, 5.41) is 3.40. The number of benzene rings is 4. The van der Waals surface area contributed by atoms with E-state index in [0.717, 1.165) is 16.9 Å². The predicted octanol–water partition coefficient (Wildman–Crippen LogP) is 6.75. The van der Waals surface area contributed by atoms with Crippen LogP contribution < -0.4 is 10.0 Å². The largest absolute Gasteiger partial charge is 0.298 e. The van der Waals surface area contributed by atoms with E-state index in [1.807, 2.05) is 36.4 Å². The summed E-state index contributed by atoms with van der Waals surface area (Å²) in [5.41, 5.74) is 2.14. The molecule has 194 valence electrons. The molecule has 1 heterocycles. The molecule has 1 aromatic heterocycles. The highest BCUT2D eigenvalue weighted by Gasteiger charge is 2.22. The van der Waals surface area contributed by atoms with Crippen LogP contribution in [-0.4, -0.2) is 25.1 Å². The average molecular weight is 574 g/mol. The average Bonchev–Trinajstić information content (AvgIpc) is 3.37. The van der Waals surface area contributed by atoms with Gasteiger partial charge in [-0.25, -0.2) is 13.4 Å². The van der Waals surface area contributed by atoms with Gasteiger partial charge in [0.1, 0.15) is 4.88 Å². The van der Waals surface area contributed by atoms with E-state index in [2.05, 4.69) is 15.0 Å². The van der Waals surface area contributed by atoms with E-state index >= 15 is 0 Å². The summed E-state index contributed by atoms with van der Waals surface area (Å²) in [6, 6.07) is 29.9. The maximum Gasteiger partial charge on any atom is 0.261 e. The van der Waals surface area contributed by atoms with Gasteiger partial charge in [-0.05, 0) is 42.5 Å². The number of rotatable bonds is 8. The highest BCUT2D eigenvalue weighted by atomic mass is 35.5. The van der Waals surface area contributed by atoms with Crippen LogP contribution in [0, 0.1) is 0 Å². The van der Waals surface area contributed by atoms with Gasteiger partial charge in [0.05, 0.1) is 10.6 Å². The van der Waals surface area contributed by atoms with E-state index < -0.39 is 15.9 Å². The summed E-state index contributed by atoms with van der Waals surface area (Å²) in [6.45, 7) is 0. The zero-order valence-electron chi connectivity index (χ0n) is 20.2. The highest BCUT2D eigenvalue weighted by molar-refractivity contribution is 7.92. The number of carbonyl (C=O) groups excluding carboxylic acids is 2. The van der Waals surface area contributed by atoms with Gasteiger partial charge in [0.2, 0.25) is 5.78 Å². The van der Waals surface area contributed by atoms with Crippen LogP contribution >= 0.6 is 22.9 Å². The van der Waals surface area contributed by atoms with Gasteiger partial charge in [-0.3, -0.25) is 19.6 Å². The third kappa shape index (κ3) is 6.06. The molecule has 4 aromatic carbocycles. The van der Waals surface area contributed by atoms with Crippen LogP contribution in [0.15, 0.2) is 114 Å². The first-order valence-corrected chi connectivity index (χ1v) is 14.3. The first-order chi connectivity index (χ1) is 18.8. The van der Waals surface area contributed by atoms with Gasteiger partial charge in [0, 0.05) is 27.4 Å². The Balaban J connectivity index is 1.40. The smallest absolute Gasteiger partial charge is 0.261 e. The monoisotopic (exact) mass is 573 g/mol. The molecule has 0 spiro atoms. The number of carbonyl (C=O) groups is 2. The Kier molecular flexibility index (Phi) is 7.56. The summed E-state index contributed by atoms with van der Waals surface area (Å²) in [4.78, 5) is 31.4. The number of nitrogens with zero attached hydrogens (tertiary/aromatic N) is 1. The molecule has 0 saturated carbocycles. The van der Waals surface area contributed by atoms with Crippen LogP contribution in [0.2, 0.25) is 5.02 Å². The number of hydrogen-bond donors (Lipinski definition) is 2. The van der Waals surface area contributed by atoms with Crippen molar-refractivity contribution in [2.45, 2.75) is 4.90 Å². The number of halogens is 1. The lowest BCUT2D eigenvalue weighted by Gasteiger charge is -2.09. The molecule has 7 nitrogen and oxygen atoms in total. The van der Waals surface area contributed by atoms with Crippen molar-refractivity contribution in [3.05, 3.63) is 130 Å². The number of sulfonamides is 1. The number of anilines is 2. The molecular formula is C29H20ClN3O4S2.